The maximum Gasteiger partial charge on any atom is 0.248 e. The summed E-state index contributed by atoms with van der Waals surface area (Å²) in [5, 5.41) is 0. The van der Waals surface area contributed by atoms with Gasteiger partial charge in [-0.25, -0.2) is 4.98 Å². The maximum absolute atomic E-state index is 11.0. The van der Waals surface area contributed by atoms with Crippen molar-refractivity contribution < 1.29 is 9.53 Å². The summed E-state index contributed by atoms with van der Waals surface area (Å²) < 4.78 is 6.19. The Morgan fingerprint density at radius 3 is 3.06 bits per heavy atom. The van der Waals surface area contributed by atoms with Crippen LogP contribution in [-0.2, 0) is 9.53 Å². The normalized spacial score (nSPS) is 20.8. The van der Waals surface area contributed by atoms with E-state index in [2.05, 4.69) is 20.9 Å². The fourth-order valence-electron chi connectivity index (χ4n) is 1.58. The van der Waals surface area contributed by atoms with Gasteiger partial charge in [0, 0.05) is 17.2 Å². The molecule has 0 spiro atoms. The number of pyridine rings is 1. The predicted octanol–water partition coefficient (Wildman–Crippen LogP) is 0.535. The summed E-state index contributed by atoms with van der Waals surface area (Å²) in [4.78, 5) is 17.3. The number of halogens is 1. The molecule has 86 valence electrons. The van der Waals surface area contributed by atoms with E-state index in [0.717, 1.165) is 16.8 Å². The van der Waals surface area contributed by atoms with E-state index in [1.54, 1.807) is 6.20 Å². The van der Waals surface area contributed by atoms with Crippen LogP contribution in [-0.4, -0.2) is 36.7 Å². The van der Waals surface area contributed by atoms with Gasteiger partial charge in [0.1, 0.15) is 5.82 Å². The zero-order valence-electron chi connectivity index (χ0n) is 8.60. The molecule has 0 radical (unpaired) electrons. The molecule has 1 saturated heterocycles. The topological polar surface area (TPSA) is 68.5 Å². The lowest BCUT2D eigenvalue weighted by molar-refractivity contribution is -0.130. The Morgan fingerprint density at radius 1 is 1.62 bits per heavy atom. The molecule has 1 atom stereocenters. The van der Waals surface area contributed by atoms with Crippen LogP contribution < -0.4 is 10.6 Å². The lowest BCUT2D eigenvalue weighted by atomic mass is 10.2. The standard InChI is InChI=1S/C10H12BrN3O2/c11-7-1-2-9(13-5-7)14-3-4-16-8(6-14)10(12)15/h1-2,5,8H,3-4,6H2,(H2,12,15)/t8-/m1/s1. The third-order valence-electron chi connectivity index (χ3n) is 2.42. The molecular weight excluding hydrogens is 274 g/mol. The summed E-state index contributed by atoms with van der Waals surface area (Å²) in [6.45, 7) is 1.67. The quantitative estimate of drug-likeness (QED) is 0.861. The molecule has 5 nitrogen and oxygen atoms in total. The molecule has 2 N–H and O–H groups in total. The Kier molecular flexibility index (Phi) is 3.40. The van der Waals surface area contributed by atoms with Crippen LogP contribution >= 0.6 is 15.9 Å². The number of amides is 1. The number of nitrogens with two attached hydrogens (primary N) is 1. The van der Waals surface area contributed by atoms with E-state index in [1.807, 2.05) is 17.0 Å². The van der Waals surface area contributed by atoms with Gasteiger partial charge in [0.2, 0.25) is 5.91 Å². The largest absolute Gasteiger partial charge is 0.367 e. The zero-order valence-corrected chi connectivity index (χ0v) is 10.2. The number of anilines is 1. The molecule has 1 aromatic heterocycles. The van der Waals surface area contributed by atoms with Crippen LogP contribution in [0.5, 0.6) is 0 Å². The van der Waals surface area contributed by atoms with E-state index in [1.165, 1.54) is 0 Å². The summed E-state index contributed by atoms with van der Waals surface area (Å²) in [5.41, 5.74) is 5.21. The van der Waals surface area contributed by atoms with Crippen molar-refractivity contribution in [1.29, 1.82) is 0 Å². The van der Waals surface area contributed by atoms with Gasteiger partial charge in [-0.15, -0.1) is 0 Å². The minimum Gasteiger partial charge on any atom is -0.367 e. The number of aromatic nitrogens is 1. The summed E-state index contributed by atoms with van der Waals surface area (Å²) in [6, 6.07) is 3.81. The van der Waals surface area contributed by atoms with Crippen molar-refractivity contribution in [3.63, 3.8) is 0 Å². The van der Waals surface area contributed by atoms with Gasteiger partial charge >= 0.3 is 0 Å². The fourth-order valence-corrected chi connectivity index (χ4v) is 1.82. The van der Waals surface area contributed by atoms with E-state index in [9.17, 15) is 4.79 Å². The number of nitrogens with zero attached hydrogens (tertiary/aromatic N) is 2. The molecule has 0 unspecified atom stereocenters. The highest BCUT2D eigenvalue weighted by Crippen LogP contribution is 2.17. The average molecular weight is 286 g/mol. The number of ether oxygens (including phenoxy) is 1. The lowest BCUT2D eigenvalue weighted by Crippen LogP contribution is -2.48. The minimum atomic E-state index is -0.542. The van der Waals surface area contributed by atoms with Crippen LogP contribution in [0.2, 0.25) is 0 Å². The van der Waals surface area contributed by atoms with Crippen LogP contribution in [0, 0.1) is 0 Å². The van der Waals surface area contributed by atoms with E-state index in [-0.39, 0.29) is 0 Å². The Morgan fingerprint density at radius 2 is 2.44 bits per heavy atom. The molecule has 1 aliphatic rings. The van der Waals surface area contributed by atoms with Crippen LogP contribution in [0.1, 0.15) is 0 Å². The SMILES string of the molecule is NC(=O)[C@H]1CN(c2ccc(Br)cn2)CCO1. The van der Waals surface area contributed by atoms with Gasteiger partial charge in [0.15, 0.2) is 6.10 Å². The Labute approximate surface area is 102 Å². The highest BCUT2D eigenvalue weighted by molar-refractivity contribution is 9.10. The third-order valence-corrected chi connectivity index (χ3v) is 2.89. The molecule has 2 heterocycles. The van der Waals surface area contributed by atoms with E-state index in [0.29, 0.717) is 13.2 Å². The second-order valence-corrected chi connectivity index (χ2v) is 4.46. The summed E-state index contributed by atoms with van der Waals surface area (Å²) >= 11 is 3.32. The molecule has 0 bridgehead atoms. The molecule has 0 aliphatic carbocycles. The second-order valence-electron chi connectivity index (χ2n) is 3.54. The van der Waals surface area contributed by atoms with Crippen molar-refractivity contribution in [1.82, 2.24) is 4.98 Å². The molecule has 1 aromatic rings. The molecule has 0 saturated carbocycles. The molecule has 1 amide bonds. The van der Waals surface area contributed by atoms with Gasteiger partial charge in [-0.2, -0.15) is 0 Å². The summed E-state index contributed by atoms with van der Waals surface area (Å²) in [7, 11) is 0. The van der Waals surface area contributed by atoms with Gasteiger partial charge in [-0.3, -0.25) is 4.79 Å². The van der Waals surface area contributed by atoms with Crippen LogP contribution in [0.3, 0.4) is 0 Å². The van der Waals surface area contributed by atoms with E-state index >= 15 is 0 Å². The number of carbonyl (C=O) groups excluding carboxylic acids is 1. The molecule has 2 rings (SSSR count). The molecule has 6 heteroatoms. The number of morpholine rings is 1. The first kappa shape index (κ1) is 11.3. The van der Waals surface area contributed by atoms with Crippen molar-refractivity contribution in [2.24, 2.45) is 5.73 Å². The number of rotatable bonds is 2. The first-order valence-electron chi connectivity index (χ1n) is 4.94. The number of hydrogen-bond acceptors (Lipinski definition) is 4. The summed E-state index contributed by atoms with van der Waals surface area (Å²) in [5.74, 6) is 0.402. The molecule has 0 aromatic carbocycles. The lowest BCUT2D eigenvalue weighted by Gasteiger charge is -2.32. The Bertz CT molecular complexity index is 382. The highest BCUT2D eigenvalue weighted by atomic mass is 79.9. The van der Waals surface area contributed by atoms with Crippen molar-refractivity contribution in [2.45, 2.75) is 6.10 Å². The smallest absolute Gasteiger partial charge is 0.248 e. The van der Waals surface area contributed by atoms with Gasteiger partial charge in [0.05, 0.1) is 13.2 Å². The van der Waals surface area contributed by atoms with Crippen molar-refractivity contribution in [3.8, 4) is 0 Å². The predicted molar refractivity (Wildman–Crippen MR) is 63.1 cm³/mol. The van der Waals surface area contributed by atoms with Gasteiger partial charge in [0.25, 0.3) is 0 Å². The van der Waals surface area contributed by atoms with Gasteiger partial charge in [-0.05, 0) is 28.1 Å². The monoisotopic (exact) mass is 285 g/mol. The van der Waals surface area contributed by atoms with E-state index < -0.39 is 12.0 Å². The second kappa shape index (κ2) is 4.80. The fraction of sp³-hybridized carbons (Fsp3) is 0.400. The maximum atomic E-state index is 11.0. The first-order valence-corrected chi connectivity index (χ1v) is 5.73. The highest BCUT2D eigenvalue weighted by Gasteiger charge is 2.25. The number of carbonyl (C=O) groups is 1. The van der Waals surface area contributed by atoms with E-state index in [4.69, 9.17) is 10.5 Å². The van der Waals surface area contributed by atoms with Crippen LogP contribution in [0.25, 0.3) is 0 Å². The van der Waals surface area contributed by atoms with Crippen molar-refractivity contribution in [2.75, 3.05) is 24.6 Å². The van der Waals surface area contributed by atoms with Crippen molar-refractivity contribution in [3.05, 3.63) is 22.8 Å². The minimum absolute atomic E-state index is 0.429. The molecule has 1 aliphatic heterocycles. The number of hydrogen-bond donors (Lipinski definition) is 1. The van der Waals surface area contributed by atoms with Crippen LogP contribution in [0.4, 0.5) is 5.82 Å². The van der Waals surface area contributed by atoms with Crippen molar-refractivity contribution >= 4 is 27.7 Å². The summed E-state index contributed by atoms with van der Waals surface area (Å²) in [6.07, 6.45) is 1.18. The first-order chi connectivity index (χ1) is 7.66. The van der Waals surface area contributed by atoms with Gasteiger partial charge in [-0.1, -0.05) is 0 Å². The third kappa shape index (κ3) is 2.51. The zero-order chi connectivity index (χ0) is 11.5. The molecule has 1 fully saturated rings. The molecule has 16 heavy (non-hydrogen) atoms. The van der Waals surface area contributed by atoms with Gasteiger partial charge < -0.3 is 15.4 Å². The number of primary amides is 1. The Balaban J connectivity index is 2.09. The average Bonchev–Trinajstić information content (AvgIpc) is 2.30. The Hall–Kier alpha value is -1.14. The molecular formula is C10H12BrN3O2. The van der Waals surface area contributed by atoms with Crippen LogP contribution in [0.15, 0.2) is 22.8 Å².